The summed E-state index contributed by atoms with van der Waals surface area (Å²) in [5.41, 5.74) is 2.12. The van der Waals surface area contributed by atoms with Gasteiger partial charge in [0.15, 0.2) is 0 Å². The second-order valence-electron chi connectivity index (χ2n) is 3.85. The molecule has 0 spiro atoms. The highest BCUT2D eigenvalue weighted by atomic mass is 16.1. The highest BCUT2D eigenvalue weighted by Gasteiger charge is 2.02. The van der Waals surface area contributed by atoms with E-state index >= 15 is 0 Å². The highest BCUT2D eigenvalue weighted by Crippen LogP contribution is 2.00. The van der Waals surface area contributed by atoms with Gasteiger partial charge in [-0.15, -0.1) is 0 Å². The molecule has 2 rings (SSSR count). The summed E-state index contributed by atoms with van der Waals surface area (Å²) in [5.74, 6) is 0.0417. The molecule has 0 saturated heterocycles. The summed E-state index contributed by atoms with van der Waals surface area (Å²) in [6.07, 6.45) is 0.418. The van der Waals surface area contributed by atoms with Gasteiger partial charge in [-0.3, -0.25) is 4.79 Å². The number of carbonyl (C=O) groups excluding carboxylic acids is 1. The van der Waals surface area contributed by atoms with Gasteiger partial charge in [-0.2, -0.15) is 0 Å². The number of hydrogen-bond donors (Lipinski definition) is 1. The summed E-state index contributed by atoms with van der Waals surface area (Å²) in [7, 11) is 0. The Kier molecular flexibility index (Phi) is 3.92. The molecular weight excluding hydrogens is 210 g/mol. The molecular formula is C15H14NO. The van der Waals surface area contributed by atoms with Crippen LogP contribution in [0.25, 0.3) is 0 Å². The maximum Gasteiger partial charge on any atom is 0.224 e. The molecule has 2 aromatic carbocycles. The second-order valence-corrected chi connectivity index (χ2v) is 3.85. The maximum atomic E-state index is 11.7. The normalized spacial score (nSPS) is 9.88. The van der Waals surface area contributed by atoms with E-state index in [1.54, 1.807) is 0 Å². The van der Waals surface area contributed by atoms with E-state index in [0.29, 0.717) is 13.0 Å². The van der Waals surface area contributed by atoms with E-state index in [0.717, 1.165) is 11.1 Å². The fraction of sp³-hybridized carbons (Fsp3) is 0.133. The van der Waals surface area contributed by atoms with E-state index in [2.05, 4.69) is 11.4 Å². The summed E-state index contributed by atoms with van der Waals surface area (Å²) in [6, 6.07) is 20.3. The Morgan fingerprint density at radius 1 is 1.00 bits per heavy atom. The van der Waals surface area contributed by atoms with Crippen LogP contribution in [0.3, 0.4) is 0 Å². The Labute approximate surface area is 101 Å². The van der Waals surface area contributed by atoms with Crippen LogP contribution in [0.4, 0.5) is 0 Å². The minimum Gasteiger partial charge on any atom is -0.352 e. The molecule has 2 heteroatoms. The largest absolute Gasteiger partial charge is 0.352 e. The molecule has 0 aliphatic rings. The molecule has 17 heavy (non-hydrogen) atoms. The molecule has 1 amide bonds. The lowest BCUT2D eigenvalue weighted by atomic mass is 10.1. The molecule has 0 unspecified atom stereocenters. The van der Waals surface area contributed by atoms with Crippen LogP contribution >= 0.6 is 0 Å². The molecule has 0 bridgehead atoms. The summed E-state index contributed by atoms with van der Waals surface area (Å²) in [6.45, 7) is 0.582. The molecule has 2 nitrogen and oxygen atoms in total. The zero-order chi connectivity index (χ0) is 11.9. The second kappa shape index (κ2) is 5.85. The molecule has 0 saturated carbocycles. The van der Waals surface area contributed by atoms with E-state index in [9.17, 15) is 4.79 Å². The fourth-order valence-corrected chi connectivity index (χ4v) is 1.58. The molecule has 1 N–H and O–H groups in total. The Morgan fingerprint density at radius 3 is 2.41 bits per heavy atom. The van der Waals surface area contributed by atoms with Crippen molar-refractivity contribution in [2.24, 2.45) is 0 Å². The van der Waals surface area contributed by atoms with Crippen molar-refractivity contribution in [1.29, 1.82) is 0 Å². The first-order chi connectivity index (χ1) is 8.34. The number of hydrogen-bond acceptors (Lipinski definition) is 1. The molecule has 0 aromatic heterocycles. The minimum atomic E-state index is 0.0417. The molecule has 2 aromatic rings. The SMILES string of the molecule is O=C(Cc1cc[c]cc1)NCc1ccccc1. The molecule has 0 atom stereocenters. The van der Waals surface area contributed by atoms with Gasteiger partial charge < -0.3 is 5.32 Å². The topological polar surface area (TPSA) is 29.1 Å². The van der Waals surface area contributed by atoms with Crippen LogP contribution in [0.1, 0.15) is 11.1 Å². The summed E-state index contributed by atoms with van der Waals surface area (Å²) < 4.78 is 0. The van der Waals surface area contributed by atoms with Crippen molar-refractivity contribution in [1.82, 2.24) is 5.32 Å². The van der Waals surface area contributed by atoms with Crippen LogP contribution in [0.2, 0.25) is 0 Å². The van der Waals surface area contributed by atoms with Crippen LogP contribution in [-0.2, 0) is 17.8 Å². The number of nitrogens with one attached hydrogen (secondary N) is 1. The first-order valence-electron chi connectivity index (χ1n) is 5.60. The Hall–Kier alpha value is -2.09. The average molecular weight is 224 g/mol. The van der Waals surface area contributed by atoms with Crippen molar-refractivity contribution >= 4 is 5.91 Å². The van der Waals surface area contributed by atoms with Crippen molar-refractivity contribution < 1.29 is 4.79 Å². The lowest BCUT2D eigenvalue weighted by Crippen LogP contribution is -2.24. The van der Waals surface area contributed by atoms with Crippen molar-refractivity contribution in [3.8, 4) is 0 Å². The smallest absolute Gasteiger partial charge is 0.224 e. The molecule has 85 valence electrons. The van der Waals surface area contributed by atoms with Gasteiger partial charge in [-0.1, -0.05) is 54.6 Å². The number of amides is 1. The first kappa shape index (κ1) is 11.4. The van der Waals surface area contributed by atoms with Gasteiger partial charge in [-0.25, -0.2) is 0 Å². The number of carbonyl (C=O) groups is 1. The third-order valence-corrected chi connectivity index (χ3v) is 2.48. The van der Waals surface area contributed by atoms with Crippen LogP contribution < -0.4 is 5.32 Å². The van der Waals surface area contributed by atoms with E-state index in [1.165, 1.54) is 0 Å². The van der Waals surface area contributed by atoms with Gasteiger partial charge in [0.25, 0.3) is 0 Å². The van der Waals surface area contributed by atoms with E-state index in [-0.39, 0.29) is 5.91 Å². The molecule has 0 heterocycles. The summed E-state index contributed by atoms with van der Waals surface area (Å²) in [5, 5.41) is 2.90. The van der Waals surface area contributed by atoms with Crippen LogP contribution in [-0.4, -0.2) is 5.91 Å². The van der Waals surface area contributed by atoms with Crippen molar-refractivity contribution in [3.05, 3.63) is 71.8 Å². The third-order valence-electron chi connectivity index (χ3n) is 2.48. The van der Waals surface area contributed by atoms with E-state index in [4.69, 9.17) is 0 Å². The first-order valence-corrected chi connectivity index (χ1v) is 5.60. The quantitative estimate of drug-likeness (QED) is 0.848. The van der Waals surface area contributed by atoms with Crippen molar-refractivity contribution in [2.45, 2.75) is 13.0 Å². The Balaban J connectivity index is 1.83. The Morgan fingerprint density at radius 2 is 1.71 bits per heavy atom. The third kappa shape index (κ3) is 3.76. The molecule has 1 radical (unpaired) electrons. The Bertz CT molecular complexity index is 465. The molecule has 0 aliphatic carbocycles. The van der Waals surface area contributed by atoms with Gasteiger partial charge in [-0.05, 0) is 17.2 Å². The standard InChI is InChI=1S/C15H14NO/c17-15(11-13-7-3-1-4-8-13)16-12-14-9-5-2-6-10-14/h2-10H,11-12H2,(H,16,17). The van der Waals surface area contributed by atoms with Gasteiger partial charge in [0.2, 0.25) is 5.91 Å². The predicted molar refractivity (Wildman–Crippen MR) is 67.3 cm³/mol. The van der Waals surface area contributed by atoms with Crippen LogP contribution in [0, 0.1) is 6.07 Å². The van der Waals surface area contributed by atoms with Crippen LogP contribution in [0.15, 0.2) is 54.6 Å². The summed E-state index contributed by atoms with van der Waals surface area (Å²) >= 11 is 0. The van der Waals surface area contributed by atoms with Crippen molar-refractivity contribution in [3.63, 3.8) is 0 Å². The molecule has 0 aliphatic heterocycles. The lowest BCUT2D eigenvalue weighted by molar-refractivity contribution is -0.120. The number of benzene rings is 2. The fourth-order valence-electron chi connectivity index (χ4n) is 1.58. The molecule has 0 fully saturated rings. The van der Waals surface area contributed by atoms with Gasteiger partial charge >= 0.3 is 0 Å². The van der Waals surface area contributed by atoms with Gasteiger partial charge in [0.1, 0.15) is 0 Å². The van der Waals surface area contributed by atoms with Gasteiger partial charge in [0, 0.05) is 6.54 Å². The predicted octanol–water partition coefficient (Wildman–Crippen LogP) is 2.35. The van der Waals surface area contributed by atoms with Crippen LogP contribution in [0.5, 0.6) is 0 Å². The maximum absolute atomic E-state index is 11.7. The minimum absolute atomic E-state index is 0.0417. The van der Waals surface area contributed by atoms with E-state index < -0.39 is 0 Å². The monoisotopic (exact) mass is 224 g/mol. The van der Waals surface area contributed by atoms with Gasteiger partial charge in [0.05, 0.1) is 6.42 Å². The van der Waals surface area contributed by atoms with E-state index in [1.807, 2.05) is 54.6 Å². The zero-order valence-corrected chi connectivity index (χ0v) is 9.52. The number of rotatable bonds is 4. The average Bonchev–Trinajstić information content (AvgIpc) is 2.39. The summed E-state index contributed by atoms with van der Waals surface area (Å²) in [4.78, 5) is 11.7. The highest BCUT2D eigenvalue weighted by molar-refractivity contribution is 5.78. The zero-order valence-electron chi connectivity index (χ0n) is 9.52. The van der Waals surface area contributed by atoms with Crippen molar-refractivity contribution in [2.75, 3.05) is 0 Å². The lowest BCUT2D eigenvalue weighted by Gasteiger charge is -2.05.